The molecule has 10 aromatic carbocycles. The van der Waals surface area contributed by atoms with Crippen LogP contribution in [0.4, 0.5) is 34.1 Å². The molecule has 0 fully saturated rings. The second kappa shape index (κ2) is 16.3. The number of aryl methyl sites for hydroxylation is 1. The highest BCUT2D eigenvalue weighted by atomic mass is 15.1. The van der Waals surface area contributed by atoms with Gasteiger partial charge in [0.2, 0.25) is 0 Å². The highest BCUT2D eigenvalue weighted by Crippen LogP contribution is 2.52. The molecule has 312 valence electrons. The Labute approximate surface area is 382 Å². The van der Waals surface area contributed by atoms with Gasteiger partial charge in [-0.05, 0) is 141 Å². The minimum Gasteiger partial charge on any atom is -0.310 e. The van der Waals surface area contributed by atoms with Crippen LogP contribution in [0, 0.1) is 6.92 Å². The molecule has 1 aliphatic carbocycles. The molecule has 11 rings (SSSR count). The van der Waals surface area contributed by atoms with E-state index < -0.39 is 0 Å². The number of hydrogen-bond donors (Lipinski definition) is 0. The zero-order valence-corrected chi connectivity index (χ0v) is 37.3. The van der Waals surface area contributed by atoms with Crippen LogP contribution in [0.3, 0.4) is 0 Å². The van der Waals surface area contributed by atoms with E-state index in [0.29, 0.717) is 0 Å². The van der Waals surface area contributed by atoms with Crippen LogP contribution in [-0.4, -0.2) is 0 Å². The van der Waals surface area contributed by atoms with Crippen molar-refractivity contribution in [3.05, 3.63) is 246 Å². The lowest BCUT2D eigenvalue weighted by molar-refractivity contribution is 0.660. The van der Waals surface area contributed by atoms with Gasteiger partial charge in [0.1, 0.15) is 0 Å². The highest BCUT2D eigenvalue weighted by molar-refractivity contribution is 6.01. The summed E-state index contributed by atoms with van der Waals surface area (Å²) >= 11 is 0. The number of fused-ring (bicyclic) bond motifs is 6. The van der Waals surface area contributed by atoms with Crippen LogP contribution in [0.1, 0.15) is 54.2 Å². The summed E-state index contributed by atoms with van der Waals surface area (Å²) in [5.41, 5.74) is 16.8. The van der Waals surface area contributed by atoms with Crippen molar-refractivity contribution in [3.8, 4) is 11.1 Å². The standard InChI is InChI=1S/C63H50N2/c1-5-14-49-40-52(32-25-43(49)2)64(61-23-12-19-47-16-8-10-21-55(47)61)51-33-28-44(29-34-51)26-27-45-30-37-57-58-38-36-54(42-60(58)63(3,4)59(57)39-45)65(53-35-31-46-15-6-7-18-50(46)41-53)62-24-13-20-48-17-9-11-22-56(48)62/h5-42H,1-4H3. The summed E-state index contributed by atoms with van der Waals surface area (Å²) in [6.07, 6.45) is 8.80. The third kappa shape index (κ3) is 7.18. The van der Waals surface area contributed by atoms with Gasteiger partial charge in [0.05, 0.1) is 11.4 Å². The lowest BCUT2D eigenvalue weighted by Gasteiger charge is -2.29. The topological polar surface area (TPSA) is 6.48 Å². The van der Waals surface area contributed by atoms with Gasteiger partial charge in [-0.1, -0.05) is 184 Å². The smallest absolute Gasteiger partial charge is 0.0540 e. The fraction of sp³-hybridized carbons (Fsp3) is 0.0794. The van der Waals surface area contributed by atoms with Crippen LogP contribution in [0.5, 0.6) is 0 Å². The van der Waals surface area contributed by atoms with Crippen molar-refractivity contribution in [1.29, 1.82) is 0 Å². The van der Waals surface area contributed by atoms with Crippen LogP contribution in [0.15, 0.2) is 212 Å². The minimum absolute atomic E-state index is 0.201. The van der Waals surface area contributed by atoms with Gasteiger partial charge in [0.25, 0.3) is 0 Å². The SMILES string of the molecule is CC=Cc1cc(N(c2ccc(C=Cc3ccc4c(c3)C(C)(C)c3cc(N(c5ccc6ccccc6c5)c5cccc6ccccc56)ccc3-4)cc2)c2cccc3ccccc23)ccc1C. The molecule has 0 saturated carbocycles. The van der Waals surface area contributed by atoms with E-state index in [0.717, 1.165) is 34.0 Å². The van der Waals surface area contributed by atoms with Gasteiger partial charge in [-0.2, -0.15) is 0 Å². The average Bonchev–Trinajstić information content (AvgIpc) is 3.57. The first-order valence-corrected chi connectivity index (χ1v) is 22.7. The fourth-order valence-corrected chi connectivity index (χ4v) is 10.0. The number of allylic oxidation sites excluding steroid dienone is 1. The second-order valence-corrected chi connectivity index (χ2v) is 17.8. The summed E-state index contributed by atoms with van der Waals surface area (Å²) in [6.45, 7) is 9.01. The lowest BCUT2D eigenvalue weighted by Crippen LogP contribution is -2.17. The summed E-state index contributed by atoms with van der Waals surface area (Å²) in [5.74, 6) is 0. The lowest BCUT2D eigenvalue weighted by atomic mass is 9.81. The van der Waals surface area contributed by atoms with Crippen molar-refractivity contribution in [2.24, 2.45) is 0 Å². The van der Waals surface area contributed by atoms with Crippen LogP contribution >= 0.6 is 0 Å². The van der Waals surface area contributed by atoms with E-state index in [4.69, 9.17) is 0 Å². The van der Waals surface area contributed by atoms with Gasteiger partial charge in [0, 0.05) is 38.9 Å². The van der Waals surface area contributed by atoms with E-state index in [1.807, 2.05) is 0 Å². The van der Waals surface area contributed by atoms with Crippen molar-refractivity contribution in [3.63, 3.8) is 0 Å². The molecule has 0 radical (unpaired) electrons. The molecule has 1 aliphatic rings. The first kappa shape index (κ1) is 39.9. The van der Waals surface area contributed by atoms with Gasteiger partial charge in [-0.15, -0.1) is 0 Å². The van der Waals surface area contributed by atoms with Crippen molar-refractivity contribution >= 4 is 84.7 Å². The molecule has 0 heterocycles. The maximum Gasteiger partial charge on any atom is 0.0540 e. The molecular weight excluding hydrogens is 785 g/mol. The molecule has 0 N–H and O–H groups in total. The molecular formula is C63H50N2. The summed E-state index contributed by atoms with van der Waals surface area (Å²) < 4.78 is 0. The van der Waals surface area contributed by atoms with E-state index in [9.17, 15) is 0 Å². The molecule has 0 atom stereocenters. The first-order chi connectivity index (χ1) is 31.8. The van der Waals surface area contributed by atoms with Gasteiger partial charge >= 0.3 is 0 Å². The molecule has 2 heteroatoms. The van der Waals surface area contributed by atoms with Gasteiger partial charge in [0.15, 0.2) is 0 Å². The Balaban J connectivity index is 0.920. The summed E-state index contributed by atoms with van der Waals surface area (Å²) in [4.78, 5) is 4.83. The van der Waals surface area contributed by atoms with Crippen LogP contribution < -0.4 is 9.80 Å². The fourth-order valence-electron chi connectivity index (χ4n) is 10.0. The molecule has 0 amide bonds. The minimum atomic E-state index is -0.201. The Morgan fingerprint density at radius 1 is 0.385 bits per heavy atom. The third-order valence-electron chi connectivity index (χ3n) is 13.4. The second-order valence-electron chi connectivity index (χ2n) is 17.8. The van der Waals surface area contributed by atoms with Crippen molar-refractivity contribution < 1.29 is 0 Å². The molecule has 0 aliphatic heterocycles. The number of nitrogens with zero attached hydrogens (tertiary/aromatic N) is 2. The summed E-state index contributed by atoms with van der Waals surface area (Å²) in [6, 6.07) is 75.8. The summed E-state index contributed by atoms with van der Waals surface area (Å²) in [7, 11) is 0. The van der Waals surface area contributed by atoms with Gasteiger partial charge in [-0.3, -0.25) is 0 Å². The predicted molar refractivity (Wildman–Crippen MR) is 281 cm³/mol. The zero-order valence-electron chi connectivity index (χ0n) is 37.3. The number of anilines is 6. The normalized spacial score (nSPS) is 12.9. The molecule has 65 heavy (non-hydrogen) atoms. The highest BCUT2D eigenvalue weighted by Gasteiger charge is 2.36. The Bertz CT molecular complexity index is 3490. The number of benzene rings is 10. The Kier molecular flexibility index (Phi) is 10.0. The van der Waals surface area contributed by atoms with E-state index in [-0.39, 0.29) is 5.41 Å². The molecule has 0 bridgehead atoms. The molecule has 0 aromatic heterocycles. The zero-order chi connectivity index (χ0) is 44.1. The van der Waals surface area contributed by atoms with Crippen molar-refractivity contribution in [2.45, 2.75) is 33.1 Å². The molecule has 0 spiro atoms. The largest absolute Gasteiger partial charge is 0.310 e. The monoisotopic (exact) mass is 834 g/mol. The first-order valence-electron chi connectivity index (χ1n) is 22.7. The van der Waals surface area contributed by atoms with Crippen LogP contribution in [-0.2, 0) is 5.41 Å². The predicted octanol–water partition coefficient (Wildman–Crippen LogP) is 17.9. The maximum atomic E-state index is 2.44. The molecule has 0 saturated heterocycles. The Morgan fingerprint density at radius 2 is 0.877 bits per heavy atom. The van der Waals surface area contributed by atoms with Crippen LogP contribution in [0.25, 0.3) is 61.7 Å². The average molecular weight is 835 g/mol. The Hall–Kier alpha value is -7.94. The van der Waals surface area contributed by atoms with Crippen LogP contribution in [0.2, 0.25) is 0 Å². The maximum absolute atomic E-state index is 2.44. The molecule has 0 unspecified atom stereocenters. The Morgan fingerprint density at radius 3 is 1.57 bits per heavy atom. The quantitative estimate of drug-likeness (QED) is 0.134. The van der Waals surface area contributed by atoms with E-state index in [1.165, 1.54) is 76.9 Å². The molecule has 2 nitrogen and oxygen atoms in total. The van der Waals surface area contributed by atoms with Gasteiger partial charge < -0.3 is 9.80 Å². The van der Waals surface area contributed by atoms with E-state index in [2.05, 4.69) is 268 Å². The van der Waals surface area contributed by atoms with Crippen molar-refractivity contribution in [1.82, 2.24) is 0 Å². The number of hydrogen-bond acceptors (Lipinski definition) is 2. The van der Waals surface area contributed by atoms with E-state index in [1.54, 1.807) is 0 Å². The summed E-state index contributed by atoms with van der Waals surface area (Å²) in [5, 5.41) is 7.36. The van der Waals surface area contributed by atoms with E-state index >= 15 is 0 Å². The van der Waals surface area contributed by atoms with Gasteiger partial charge in [-0.25, -0.2) is 0 Å². The van der Waals surface area contributed by atoms with Crippen molar-refractivity contribution in [2.75, 3.05) is 9.80 Å². The third-order valence-corrected chi connectivity index (χ3v) is 13.4. The number of rotatable bonds is 9. The molecule has 10 aromatic rings.